The molecule has 5 amide bonds. The highest BCUT2D eigenvalue weighted by Gasteiger charge is 2.70. The van der Waals surface area contributed by atoms with Crippen LogP contribution in [0.1, 0.15) is 97.8 Å². The molecule has 5 N–H and O–H groups in total. The number of piperidine rings is 1. The number of nitrogens with one attached hydrogen (secondary N) is 3. The van der Waals surface area contributed by atoms with E-state index in [0.29, 0.717) is 6.54 Å². The zero-order valence-electron chi connectivity index (χ0n) is 25.6. The fraction of sp³-hybridized carbons (Fsp3) is 0.839. The third kappa shape index (κ3) is 6.53. The molecule has 1 saturated heterocycles. The first-order valence-corrected chi connectivity index (χ1v) is 16.1. The zero-order chi connectivity index (χ0) is 31.3. The maximum Gasteiger partial charge on any atom is 0.315 e. The minimum atomic E-state index is -2.95. The highest BCUT2D eigenvalue weighted by molar-refractivity contribution is 6.37. The molecule has 6 atom stereocenters. The number of hydrogen-bond donors (Lipinski definition) is 4. The van der Waals surface area contributed by atoms with Crippen LogP contribution in [0.5, 0.6) is 0 Å². The van der Waals surface area contributed by atoms with Gasteiger partial charge >= 0.3 is 6.03 Å². The highest BCUT2D eigenvalue weighted by atomic mass is 19.3. The number of amides is 5. The lowest BCUT2D eigenvalue weighted by Gasteiger charge is -2.39. The molecule has 43 heavy (non-hydrogen) atoms. The summed E-state index contributed by atoms with van der Waals surface area (Å²) in [4.78, 5) is 67.2. The SMILES string of the molecule is CC1(NC(=O)N[C@H](C(=O)N2C[C@H]3C([C@H]2C(=O)NC(CC2CC2(F)F)C(=O)C(N)=O)C3(C)C)C2CCCCC2)CCCCC1. The molecule has 0 aromatic rings. The minimum absolute atomic E-state index is 0.0345. The van der Waals surface area contributed by atoms with Gasteiger partial charge in [0.2, 0.25) is 17.6 Å². The van der Waals surface area contributed by atoms with Crippen molar-refractivity contribution in [2.45, 2.75) is 127 Å². The van der Waals surface area contributed by atoms with Gasteiger partial charge in [-0.15, -0.1) is 0 Å². The van der Waals surface area contributed by atoms with Crippen LogP contribution in [0.3, 0.4) is 0 Å². The second-order valence-electron chi connectivity index (χ2n) is 14.7. The van der Waals surface area contributed by atoms with E-state index >= 15 is 0 Å². The number of carbonyl (C=O) groups excluding carboxylic acids is 5. The number of urea groups is 1. The van der Waals surface area contributed by atoms with Crippen molar-refractivity contribution in [3.05, 3.63) is 0 Å². The van der Waals surface area contributed by atoms with Crippen molar-refractivity contribution in [2.24, 2.45) is 34.8 Å². The van der Waals surface area contributed by atoms with E-state index in [1.54, 1.807) is 0 Å². The average Bonchev–Trinajstić information content (AvgIpc) is 3.60. The molecule has 240 valence electrons. The van der Waals surface area contributed by atoms with Crippen LogP contribution in [0.25, 0.3) is 0 Å². The number of alkyl halides is 2. The Morgan fingerprint density at radius 1 is 0.930 bits per heavy atom. The van der Waals surface area contributed by atoms with Gasteiger partial charge in [-0.1, -0.05) is 52.4 Å². The Kier molecular flexibility index (Phi) is 8.54. The Hall–Kier alpha value is -2.79. The Morgan fingerprint density at radius 3 is 2.12 bits per heavy atom. The fourth-order valence-corrected chi connectivity index (χ4v) is 8.22. The largest absolute Gasteiger partial charge is 0.363 e. The smallest absolute Gasteiger partial charge is 0.315 e. The fourth-order valence-electron chi connectivity index (χ4n) is 8.22. The van der Waals surface area contributed by atoms with E-state index in [2.05, 4.69) is 16.0 Å². The van der Waals surface area contributed by atoms with Gasteiger partial charge in [0.1, 0.15) is 12.1 Å². The third-order valence-electron chi connectivity index (χ3n) is 11.2. The number of primary amides is 1. The lowest BCUT2D eigenvalue weighted by Crippen LogP contribution is -2.61. The maximum atomic E-state index is 14.3. The molecule has 0 aromatic carbocycles. The highest BCUT2D eigenvalue weighted by Crippen LogP contribution is 2.65. The number of halogens is 2. The second kappa shape index (κ2) is 11.6. The van der Waals surface area contributed by atoms with Crippen LogP contribution in [0, 0.1) is 29.1 Å². The molecule has 12 heteroatoms. The summed E-state index contributed by atoms with van der Waals surface area (Å²) in [7, 11) is 0. The van der Waals surface area contributed by atoms with Crippen molar-refractivity contribution < 1.29 is 32.8 Å². The standard InChI is InChI=1S/C31H47F2N5O5/c1-29(2)19-16-38(23(21(19)29)26(41)35-20(24(39)25(34)40)14-18-15-31(18,32)33)27(42)22(17-10-6-4-7-11-17)36-28(43)37-30(3)12-8-5-9-13-30/h17-23H,4-16H2,1-3H3,(H2,34,40)(H,35,41)(H2,36,37,43)/t18?,19-,20?,21?,22-,23-/m0/s1. The van der Waals surface area contributed by atoms with Crippen molar-refractivity contribution in [3.63, 3.8) is 0 Å². The molecule has 4 aliphatic carbocycles. The molecular weight excluding hydrogens is 560 g/mol. The molecular formula is C31H47F2N5O5. The van der Waals surface area contributed by atoms with Crippen LogP contribution in [0.4, 0.5) is 13.6 Å². The molecule has 0 bridgehead atoms. The lowest BCUT2D eigenvalue weighted by atomic mass is 9.82. The Labute approximate surface area is 252 Å². The number of fused-ring (bicyclic) bond motifs is 1. The number of carbonyl (C=O) groups is 5. The molecule has 10 nitrogen and oxygen atoms in total. The minimum Gasteiger partial charge on any atom is -0.363 e. The first kappa shape index (κ1) is 31.6. The van der Waals surface area contributed by atoms with E-state index in [1.807, 2.05) is 20.8 Å². The van der Waals surface area contributed by atoms with Gasteiger partial charge < -0.3 is 26.6 Å². The van der Waals surface area contributed by atoms with Crippen LogP contribution in [0.2, 0.25) is 0 Å². The summed E-state index contributed by atoms with van der Waals surface area (Å²) < 4.78 is 27.4. The molecule has 5 fully saturated rings. The lowest BCUT2D eigenvalue weighted by molar-refractivity contribution is -0.144. The molecule has 0 spiro atoms. The van der Waals surface area contributed by atoms with E-state index in [4.69, 9.17) is 5.73 Å². The third-order valence-corrected chi connectivity index (χ3v) is 11.2. The van der Waals surface area contributed by atoms with Crippen LogP contribution in [-0.2, 0) is 19.2 Å². The summed E-state index contributed by atoms with van der Waals surface area (Å²) in [5, 5.41) is 8.63. The number of Topliss-reactive ketones (excluding diaryl/α,β-unsaturated/α-hetero) is 1. The molecule has 4 saturated carbocycles. The number of likely N-dealkylation sites (tertiary alicyclic amines) is 1. The maximum absolute atomic E-state index is 14.3. The Bertz CT molecular complexity index is 1150. The summed E-state index contributed by atoms with van der Waals surface area (Å²) in [6.07, 6.45) is 8.62. The Morgan fingerprint density at radius 2 is 1.53 bits per heavy atom. The molecule has 5 aliphatic rings. The van der Waals surface area contributed by atoms with Crippen LogP contribution >= 0.6 is 0 Å². The van der Waals surface area contributed by atoms with Crippen LogP contribution in [-0.4, -0.2) is 70.6 Å². The van der Waals surface area contributed by atoms with Gasteiger partial charge in [-0.05, 0) is 62.2 Å². The average molecular weight is 608 g/mol. The first-order valence-electron chi connectivity index (χ1n) is 16.1. The molecule has 1 aliphatic heterocycles. The summed E-state index contributed by atoms with van der Waals surface area (Å²) in [6, 6.07) is -3.66. The van der Waals surface area contributed by atoms with Gasteiger partial charge in [-0.25, -0.2) is 13.6 Å². The monoisotopic (exact) mass is 607 g/mol. The first-order chi connectivity index (χ1) is 20.1. The van der Waals surface area contributed by atoms with Crippen LogP contribution < -0.4 is 21.7 Å². The molecule has 3 unspecified atom stereocenters. The van der Waals surface area contributed by atoms with Gasteiger partial charge in [0.15, 0.2) is 0 Å². The van der Waals surface area contributed by atoms with E-state index < -0.39 is 66.4 Å². The number of ketones is 1. The van der Waals surface area contributed by atoms with Crippen molar-refractivity contribution in [1.29, 1.82) is 0 Å². The molecule has 5 rings (SSSR count). The topological polar surface area (TPSA) is 151 Å². The summed E-state index contributed by atoms with van der Waals surface area (Å²) in [5.74, 6) is -7.77. The number of rotatable bonds is 10. The van der Waals surface area contributed by atoms with Crippen molar-refractivity contribution in [1.82, 2.24) is 20.9 Å². The van der Waals surface area contributed by atoms with Crippen molar-refractivity contribution >= 4 is 29.5 Å². The van der Waals surface area contributed by atoms with E-state index in [-0.39, 0.29) is 34.6 Å². The van der Waals surface area contributed by atoms with Crippen molar-refractivity contribution in [2.75, 3.05) is 6.54 Å². The number of hydrogen-bond acceptors (Lipinski definition) is 5. The van der Waals surface area contributed by atoms with Crippen LogP contribution in [0.15, 0.2) is 0 Å². The Balaban J connectivity index is 1.35. The number of nitrogens with two attached hydrogens (primary N) is 1. The van der Waals surface area contributed by atoms with E-state index in [1.165, 1.54) is 4.90 Å². The quantitative estimate of drug-likeness (QED) is 0.282. The predicted octanol–water partition coefficient (Wildman–Crippen LogP) is 3.02. The molecule has 0 aromatic heterocycles. The van der Waals surface area contributed by atoms with Crippen molar-refractivity contribution in [3.8, 4) is 0 Å². The van der Waals surface area contributed by atoms with Gasteiger partial charge in [0, 0.05) is 24.4 Å². The van der Waals surface area contributed by atoms with Gasteiger partial charge in [-0.3, -0.25) is 19.2 Å². The summed E-state index contributed by atoms with van der Waals surface area (Å²) in [5.41, 5.74) is 4.60. The van der Waals surface area contributed by atoms with Gasteiger partial charge in [0.25, 0.3) is 11.8 Å². The summed E-state index contributed by atoms with van der Waals surface area (Å²) in [6.45, 7) is 6.36. The number of nitrogens with zero attached hydrogens (tertiary/aromatic N) is 1. The second-order valence-corrected chi connectivity index (χ2v) is 14.7. The van der Waals surface area contributed by atoms with Gasteiger partial charge in [-0.2, -0.15) is 0 Å². The van der Waals surface area contributed by atoms with Gasteiger partial charge in [0.05, 0.1) is 6.04 Å². The van der Waals surface area contributed by atoms with E-state index in [0.717, 1.165) is 64.2 Å². The molecule has 1 heterocycles. The zero-order valence-corrected chi connectivity index (χ0v) is 25.6. The normalized spacial score (nSPS) is 31.6. The molecule has 0 radical (unpaired) electrons. The predicted molar refractivity (Wildman–Crippen MR) is 154 cm³/mol. The summed E-state index contributed by atoms with van der Waals surface area (Å²) >= 11 is 0. The van der Waals surface area contributed by atoms with E-state index in [9.17, 15) is 32.8 Å².